The maximum atomic E-state index is 6.35. The normalized spacial score (nSPS) is 18.2. The lowest BCUT2D eigenvalue weighted by Gasteiger charge is -2.34. The maximum Gasteiger partial charge on any atom is 0.135 e. The van der Waals surface area contributed by atoms with E-state index in [1.54, 1.807) is 5.57 Å². The van der Waals surface area contributed by atoms with Gasteiger partial charge in [0.25, 0.3) is 0 Å². The zero-order valence-electron chi connectivity index (χ0n) is 33.8. The van der Waals surface area contributed by atoms with Crippen LogP contribution in [0.25, 0.3) is 60.6 Å². The Labute approximate surface area is 350 Å². The zero-order valence-corrected chi connectivity index (χ0v) is 33.8. The monoisotopic (exact) mass is 769 g/mol. The van der Waals surface area contributed by atoms with Crippen molar-refractivity contribution in [3.05, 3.63) is 214 Å². The van der Waals surface area contributed by atoms with Gasteiger partial charge >= 0.3 is 0 Å². The molecule has 0 amide bonds. The first-order valence-corrected chi connectivity index (χ1v) is 21.8. The molecule has 0 saturated carbocycles. The molecule has 2 nitrogen and oxygen atoms in total. The van der Waals surface area contributed by atoms with Crippen molar-refractivity contribution in [3.8, 4) is 11.1 Å². The molecule has 286 valence electrons. The molecule has 5 aliphatic carbocycles. The van der Waals surface area contributed by atoms with Crippen LogP contribution in [0, 0.1) is 0 Å². The van der Waals surface area contributed by atoms with E-state index in [-0.39, 0.29) is 0 Å². The maximum absolute atomic E-state index is 6.35. The summed E-state index contributed by atoms with van der Waals surface area (Å²) in [5.41, 5.74) is 23.3. The number of benzene rings is 7. The third-order valence-corrected chi connectivity index (χ3v) is 14.2. The fourth-order valence-corrected chi connectivity index (χ4v) is 11.7. The van der Waals surface area contributed by atoms with Gasteiger partial charge in [0.2, 0.25) is 0 Å². The van der Waals surface area contributed by atoms with Crippen molar-refractivity contribution >= 4 is 66.5 Å². The molecular formula is C58H43NO. The quantitative estimate of drug-likeness (QED) is 0.162. The lowest BCUT2D eigenvalue weighted by molar-refractivity contribution is 0.669. The highest BCUT2D eigenvalue weighted by molar-refractivity contribution is 6.21. The van der Waals surface area contributed by atoms with Gasteiger partial charge < -0.3 is 9.32 Å². The number of allylic oxidation sites excluding steroid dienone is 10. The van der Waals surface area contributed by atoms with Gasteiger partial charge in [-0.3, -0.25) is 0 Å². The van der Waals surface area contributed by atoms with Gasteiger partial charge in [-0.2, -0.15) is 0 Å². The van der Waals surface area contributed by atoms with Crippen LogP contribution < -0.4 is 4.90 Å². The minimum Gasteiger partial charge on any atom is -0.456 e. The van der Waals surface area contributed by atoms with E-state index in [0.29, 0.717) is 0 Å². The lowest BCUT2D eigenvalue weighted by Crippen LogP contribution is -2.28. The molecule has 1 aromatic heterocycles. The molecule has 60 heavy (non-hydrogen) atoms. The molecule has 7 aromatic carbocycles. The first-order valence-electron chi connectivity index (χ1n) is 21.8. The summed E-state index contributed by atoms with van der Waals surface area (Å²) in [6.07, 6.45) is 20.5. The third kappa shape index (κ3) is 4.54. The Morgan fingerprint density at radius 3 is 2.28 bits per heavy atom. The number of hydrogen-bond donors (Lipinski definition) is 0. The van der Waals surface area contributed by atoms with Crippen LogP contribution in [0.2, 0.25) is 0 Å². The van der Waals surface area contributed by atoms with Crippen LogP contribution in [0.1, 0.15) is 78.0 Å². The second-order valence-corrected chi connectivity index (χ2v) is 17.2. The van der Waals surface area contributed by atoms with Gasteiger partial charge in [-0.15, -0.1) is 0 Å². The van der Waals surface area contributed by atoms with Crippen molar-refractivity contribution < 1.29 is 4.42 Å². The molecule has 5 aliphatic rings. The van der Waals surface area contributed by atoms with Gasteiger partial charge in [0.1, 0.15) is 11.2 Å². The van der Waals surface area contributed by atoms with Gasteiger partial charge in [-0.05, 0) is 183 Å². The summed E-state index contributed by atoms with van der Waals surface area (Å²) in [7, 11) is 0. The molecule has 0 saturated heterocycles. The second-order valence-electron chi connectivity index (χ2n) is 17.2. The van der Waals surface area contributed by atoms with Gasteiger partial charge in [0, 0.05) is 27.8 Å². The highest BCUT2D eigenvalue weighted by atomic mass is 16.3. The predicted molar refractivity (Wildman–Crippen MR) is 251 cm³/mol. The van der Waals surface area contributed by atoms with Crippen LogP contribution in [0.5, 0.6) is 0 Å². The van der Waals surface area contributed by atoms with Crippen LogP contribution in [0.3, 0.4) is 0 Å². The predicted octanol–water partition coefficient (Wildman–Crippen LogP) is 15.7. The fraction of sp³-hybridized carbons (Fsp3) is 0.138. The number of rotatable bonds is 5. The van der Waals surface area contributed by atoms with E-state index in [1.165, 1.54) is 77.6 Å². The molecule has 0 fully saturated rings. The standard InChI is InChI=1S/C58H43NO/c1-2-3-14-36-25-27-37(28-26-36)59(38-30-32-55-48(33-38)44-18-10-12-24-54(44)60-55)39-29-31-43-42-17-5-4-6-22-50(42)58(52(43)34-39)51-23-11-9-19-46(51)57-47-21-13-20-45-40-15-7-8-16-41(40)49(56(45)47)35-53(57)58/h2-3,5,8-13,16-21,23-35H,4,6-7,14-15,22H2,1H3/b3-2-. The minimum atomic E-state index is -0.420. The summed E-state index contributed by atoms with van der Waals surface area (Å²) >= 11 is 0. The molecule has 1 atom stereocenters. The van der Waals surface area contributed by atoms with E-state index in [2.05, 4.69) is 182 Å². The Balaban J connectivity index is 1.09. The van der Waals surface area contributed by atoms with Crippen LogP contribution >= 0.6 is 0 Å². The zero-order chi connectivity index (χ0) is 39.5. The molecule has 1 heterocycles. The molecule has 0 radical (unpaired) electrons. The lowest BCUT2D eigenvalue weighted by atomic mass is 9.68. The molecule has 0 N–H and O–H groups in total. The van der Waals surface area contributed by atoms with Crippen molar-refractivity contribution in [3.63, 3.8) is 0 Å². The van der Waals surface area contributed by atoms with Crippen molar-refractivity contribution in [1.82, 2.24) is 0 Å². The number of hydrogen-bond acceptors (Lipinski definition) is 2. The highest BCUT2D eigenvalue weighted by Crippen LogP contribution is 2.66. The average Bonchev–Trinajstić information content (AvgIpc) is 3.94. The molecule has 0 aliphatic heterocycles. The van der Waals surface area contributed by atoms with E-state index >= 15 is 0 Å². The van der Waals surface area contributed by atoms with E-state index < -0.39 is 5.41 Å². The Morgan fingerprint density at radius 2 is 1.35 bits per heavy atom. The van der Waals surface area contributed by atoms with Crippen molar-refractivity contribution in [2.24, 2.45) is 0 Å². The second kappa shape index (κ2) is 12.8. The van der Waals surface area contributed by atoms with Crippen molar-refractivity contribution in [2.45, 2.75) is 50.9 Å². The van der Waals surface area contributed by atoms with Crippen LogP contribution in [-0.4, -0.2) is 0 Å². The van der Waals surface area contributed by atoms with Gasteiger partial charge in [0.15, 0.2) is 0 Å². The summed E-state index contributed by atoms with van der Waals surface area (Å²) in [5.74, 6) is 0. The van der Waals surface area contributed by atoms with E-state index in [9.17, 15) is 0 Å². The molecule has 2 heteroatoms. The first-order chi connectivity index (χ1) is 29.7. The number of furan rings is 1. The van der Waals surface area contributed by atoms with Crippen LogP contribution in [0.15, 0.2) is 180 Å². The number of anilines is 3. The highest BCUT2D eigenvalue weighted by Gasteiger charge is 2.53. The van der Waals surface area contributed by atoms with Gasteiger partial charge in [-0.25, -0.2) is 0 Å². The van der Waals surface area contributed by atoms with Crippen LogP contribution in [0.4, 0.5) is 17.1 Å². The number of fused-ring (bicyclic) bond motifs is 15. The minimum absolute atomic E-state index is 0.420. The summed E-state index contributed by atoms with van der Waals surface area (Å²) in [4.78, 5) is 2.46. The van der Waals surface area contributed by atoms with Gasteiger partial charge in [0.05, 0.1) is 5.41 Å². The van der Waals surface area contributed by atoms with E-state index in [1.807, 2.05) is 0 Å². The van der Waals surface area contributed by atoms with Crippen LogP contribution in [-0.2, 0) is 11.8 Å². The largest absolute Gasteiger partial charge is 0.456 e. The Bertz CT molecular complexity index is 3330. The fourth-order valence-electron chi connectivity index (χ4n) is 11.7. The van der Waals surface area contributed by atoms with Gasteiger partial charge in [-0.1, -0.05) is 115 Å². The topological polar surface area (TPSA) is 16.4 Å². The van der Waals surface area contributed by atoms with E-state index in [0.717, 1.165) is 77.5 Å². The summed E-state index contributed by atoms with van der Waals surface area (Å²) in [6.45, 7) is 2.09. The van der Waals surface area contributed by atoms with Crippen molar-refractivity contribution in [2.75, 3.05) is 4.90 Å². The number of para-hydroxylation sites is 1. The molecule has 1 spiro atoms. The Kier molecular flexibility index (Phi) is 7.25. The Hall–Kier alpha value is -6.90. The molecule has 8 aromatic rings. The summed E-state index contributed by atoms with van der Waals surface area (Å²) in [5, 5.41) is 5.09. The molecule has 1 unspecified atom stereocenters. The first kappa shape index (κ1) is 34.0. The molecule has 13 rings (SSSR count). The Morgan fingerprint density at radius 1 is 0.583 bits per heavy atom. The SMILES string of the molecule is C/C=C\Cc1ccc(N(c2ccc3c(c2)C2(C4=C3C=CCCC4)c3ccccc3-c3c2cc2c4c(cccc34)C3=C2C=CCC3)c2ccc3oc4ccccc4c3c2)cc1. The molecular weight excluding hydrogens is 727 g/mol. The summed E-state index contributed by atoms with van der Waals surface area (Å²) in [6, 6.07) is 50.7. The van der Waals surface area contributed by atoms with E-state index in [4.69, 9.17) is 4.42 Å². The molecule has 0 bridgehead atoms. The number of nitrogens with zero attached hydrogens (tertiary/aromatic N) is 1. The third-order valence-electron chi connectivity index (χ3n) is 14.2. The van der Waals surface area contributed by atoms with Crippen molar-refractivity contribution in [1.29, 1.82) is 0 Å². The smallest absolute Gasteiger partial charge is 0.135 e. The summed E-state index contributed by atoms with van der Waals surface area (Å²) < 4.78 is 6.35. The average molecular weight is 770 g/mol.